The number of likely N-dealkylation sites (N-methyl/N-ethyl adjacent to an activating group) is 1. The minimum absolute atomic E-state index is 0.00294. The highest BCUT2D eigenvalue weighted by atomic mass is 16.5. The van der Waals surface area contributed by atoms with E-state index in [1.165, 1.54) is 11.1 Å². The van der Waals surface area contributed by atoms with E-state index in [2.05, 4.69) is 31.0 Å². The van der Waals surface area contributed by atoms with E-state index in [0.29, 0.717) is 24.0 Å². The second-order valence-corrected chi connectivity index (χ2v) is 10.4. The van der Waals surface area contributed by atoms with Crippen molar-refractivity contribution in [3.63, 3.8) is 0 Å². The highest BCUT2D eigenvalue weighted by Gasteiger charge is 2.73. The fourth-order valence-electron chi connectivity index (χ4n) is 8.11. The number of ether oxygens (including phenoxy) is 1. The number of phenolic OH excluding ortho intramolecular Hbond substituents is 1. The summed E-state index contributed by atoms with van der Waals surface area (Å²) in [5, 5.41) is 11.3. The molecule has 0 unspecified atom stereocenters. The van der Waals surface area contributed by atoms with E-state index in [9.17, 15) is 9.90 Å². The topological polar surface area (TPSA) is 49.8 Å². The molecule has 158 valence electrons. The molecule has 1 heterocycles. The first kappa shape index (κ1) is 19.6. The second kappa shape index (κ2) is 6.31. The molecule has 5 aliphatic rings. The maximum absolute atomic E-state index is 13.2. The number of methoxy groups -OCH3 is 1. The molecule has 5 atom stereocenters. The Morgan fingerprint density at radius 3 is 2.83 bits per heavy atom. The van der Waals surface area contributed by atoms with Crippen molar-refractivity contribution < 1.29 is 14.6 Å². The highest BCUT2D eigenvalue weighted by molar-refractivity contribution is 5.83. The Kier molecular flexibility index (Phi) is 4.25. The fraction of sp³-hybridized carbons (Fsp3) is 0.720. The number of rotatable bonds is 4. The maximum atomic E-state index is 13.2. The van der Waals surface area contributed by atoms with Crippen LogP contribution in [0.4, 0.5) is 0 Å². The van der Waals surface area contributed by atoms with Crippen molar-refractivity contribution in [2.24, 2.45) is 11.3 Å². The number of hydrogen-bond acceptors (Lipinski definition) is 4. The summed E-state index contributed by atoms with van der Waals surface area (Å²) in [6.45, 7) is 5.16. The predicted molar refractivity (Wildman–Crippen MR) is 113 cm³/mol. The van der Waals surface area contributed by atoms with Crippen LogP contribution in [0.2, 0.25) is 0 Å². The summed E-state index contributed by atoms with van der Waals surface area (Å²) in [5.41, 5.74) is 3.09. The van der Waals surface area contributed by atoms with Gasteiger partial charge in [-0.1, -0.05) is 19.1 Å². The number of hydrogen-bond donors (Lipinski definition) is 1. The average Bonchev–Trinajstić information content (AvgIpc) is 2.72. The predicted octanol–water partition coefficient (Wildman–Crippen LogP) is 4.14. The van der Waals surface area contributed by atoms with Gasteiger partial charge >= 0.3 is 0 Å². The van der Waals surface area contributed by atoms with Crippen LogP contribution < -0.4 is 0 Å². The van der Waals surface area contributed by atoms with Gasteiger partial charge in [0.25, 0.3) is 0 Å². The molecule has 29 heavy (non-hydrogen) atoms. The maximum Gasteiger partial charge on any atom is 0.138 e. The summed E-state index contributed by atoms with van der Waals surface area (Å²) >= 11 is 0. The van der Waals surface area contributed by atoms with E-state index in [-0.39, 0.29) is 22.3 Å². The average molecular weight is 398 g/mol. The first-order valence-electron chi connectivity index (χ1n) is 11.4. The normalized spacial score (nSPS) is 40.4. The third-order valence-corrected chi connectivity index (χ3v) is 9.46. The van der Waals surface area contributed by atoms with Gasteiger partial charge in [0.05, 0.1) is 5.60 Å². The standard InChI is InChI=1S/C25H35NO3/c1-5-6-19(27)18-14-23-9-10-25(18,29-4)15-24(23)11-12-26(3)20(23)13-17-8-7-16(2)22(28)21(17)24/h7-8,18,20,28H,5-6,9-15H2,1-4H3/t18-,20-,23-,24-,25+/m1/s1. The van der Waals surface area contributed by atoms with Gasteiger partial charge in [0.1, 0.15) is 11.5 Å². The second-order valence-electron chi connectivity index (χ2n) is 10.4. The molecule has 4 heteroatoms. The zero-order chi connectivity index (χ0) is 20.6. The molecule has 4 bridgehead atoms. The molecule has 1 aliphatic heterocycles. The zero-order valence-electron chi connectivity index (χ0n) is 18.4. The van der Waals surface area contributed by atoms with Crippen LogP contribution in [0.3, 0.4) is 0 Å². The first-order chi connectivity index (χ1) is 13.8. The van der Waals surface area contributed by atoms with E-state index in [0.717, 1.165) is 57.1 Å². The number of ketones is 1. The summed E-state index contributed by atoms with van der Waals surface area (Å²) in [5.74, 6) is 0.889. The van der Waals surface area contributed by atoms with Crippen LogP contribution in [-0.2, 0) is 21.4 Å². The summed E-state index contributed by atoms with van der Waals surface area (Å²) in [4.78, 5) is 15.8. The van der Waals surface area contributed by atoms with Gasteiger partial charge in [-0.3, -0.25) is 4.79 Å². The smallest absolute Gasteiger partial charge is 0.138 e. The van der Waals surface area contributed by atoms with E-state index < -0.39 is 0 Å². The van der Waals surface area contributed by atoms with Crippen molar-refractivity contribution >= 4 is 5.78 Å². The van der Waals surface area contributed by atoms with E-state index >= 15 is 0 Å². The Morgan fingerprint density at radius 2 is 2.10 bits per heavy atom. The molecule has 1 spiro atoms. The lowest BCUT2D eigenvalue weighted by molar-refractivity contribution is -0.232. The van der Waals surface area contributed by atoms with Gasteiger partial charge in [0.15, 0.2) is 0 Å². The molecule has 0 amide bonds. The van der Waals surface area contributed by atoms with Crippen molar-refractivity contribution in [3.05, 3.63) is 28.8 Å². The van der Waals surface area contributed by atoms with Gasteiger partial charge in [-0.25, -0.2) is 0 Å². The minimum atomic E-state index is -0.376. The molecule has 4 aliphatic carbocycles. The summed E-state index contributed by atoms with van der Waals surface area (Å²) in [6.07, 6.45) is 7.45. The first-order valence-corrected chi connectivity index (χ1v) is 11.4. The van der Waals surface area contributed by atoms with Crippen LogP contribution in [0.25, 0.3) is 0 Å². The van der Waals surface area contributed by atoms with Gasteiger partial charge in [-0.2, -0.15) is 0 Å². The van der Waals surface area contributed by atoms with Crippen LogP contribution >= 0.6 is 0 Å². The Labute approximate surface area is 174 Å². The number of likely N-dealkylation sites (tertiary alicyclic amines) is 1. The van der Waals surface area contributed by atoms with E-state index in [1.54, 1.807) is 0 Å². The van der Waals surface area contributed by atoms with Gasteiger partial charge in [-0.05, 0) is 82.0 Å². The lowest BCUT2D eigenvalue weighted by Gasteiger charge is -2.73. The molecule has 4 nitrogen and oxygen atoms in total. The van der Waals surface area contributed by atoms with Crippen LogP contribution in [-0.4, -0.2) is 48.1 Å². The Bertz CT molecular complexity index is 866. The number of phenols is 1. The van der Waals surface area contributed by atoms with Gasteiger partial charge < -0.3 is 14.7 Å². The van der Waals surface area contributed by atoms with Crippen LogP contribution in [0.1, 0.15) is 68.6 Å². The molecule has 1 aromatic carbocycles. The van der Waals surface area contributed by atoms with E-state index in [4.69, 9.17) is 4.74 Å². The molecule has 1 aromatic rings. The van der Waals surface area contributed by atoms with Crippen molar-refractivity contribution in [1.82, 2.24) is 4.90 Å². The van der Waals surface area contributed by atoms with Crippen LogP contribution in [0.5, 0.6) is 5.75 Å². The lowest BCUT2D eigenvalue weighted by Crippen LogP contribution is -2.75. The number of Topliss-reactive ketones (excluding diaryl/α,β-unsaturated/α-hetero) is 1. The number of aryl methyl sites for hydroxylation is 1. The molecular formula is C25H35NO3. The third-order valence-electron chi connectivity index (χ3n) is 9.46. The summed E-state index contributed by atoms with van der Waals surface area (Å²) in [7, 11) is 4.07. The number of benzene rings is 1. The van der Waals surface area contributed by atoms with Crippen LogP contribution in [0, 0.1) is 18.3 Å². The largest absolute Gasteiger partial charge is 0.507 e. The molecule has 0 aromatic heterocycles. The fourth-order valence-corrected chi connectivity index (χ4v) is 8.11. The number of carbonyl (C=O) groups excluding carboxylic acids is 1. The van der Waals surface area contributed by atoms with E-state index in [1.807, 2.05) is 14.0 Å². The molecular weight excluding hydrogens is 362 g/mol. The molecule has 4 fully saturated rings. The zero-order valence-corrected chi connectivity index (χ0v) is 18.4. The lowest BCUT2D eigenvalue weighted by atomic mass is 9.35. The number of carbonyl (C=O) groups is 1. The number of fused-ring (bicyclic) bond motifs is 3. The Balaban J connectivity index is 1.74. The van der Waals surface area contributed by atoms with Crippen molar-refractivity contribution in [2.45, 2.75) is 82.3 Å². The van der Waals surface area contributed by atoms with Crippen molar-refractivity contribution in [2.75, 3.05) is 20.7 Å². The quantitative estimate of drug-likeness (QED) is 0.829. The molecule has 6 rings (SSSR count). The van der Waals surface area contributed by atoms with Crippen molar-refractivity contribution in [1.29, 1.82) is 0 Å². The highest BCUT2D eigenvalue weighted by Crippen LogP contribution is 2.73. The van der Waals surface area contributed by atoms with Gasteiger partial charge in [0, 0.05) is 36.5 Å². The van der Waals surface area contributed by atoms with Crippen molar-refractivity contribution in [3.8, 4) is 5.75 Å². The molecule has 3 saturated carbocycles. The summed E-state index contributed by atoms with van der Waals surface area (Å²) < 4.78 is 6.27. The Hall–Kier alpha value is -1.39. The number of aromatic hydroxyl groups is 1. The number of nitrogens with zero attached hydrogens (tertiary/aromatic N) is 1. The third kappa shape index (κ3) is 2.25. The number of piperidine rings is 1. The molecule has 0 radical (unpaired) electrons. The van der Waals surface area contributed by atoms with Gasteiger partial charge in [0.2, 0.25) is 0 Å². The van der Waals surface area contributed by atoms with Crippen LogP contribution in [0.15, 0.2) is 12.1 Å². The summed E-state index contributed by atoms with van der Waals surface area (Å²) in [6, 6.07) is 4.75. The SMILES string of the molecule is CCCC(=O)[C@H]1C[C@@]23CC[C@]1(OC)C[C@@]21CCN(C)[C@@H]3Cc2ccc(C)c(O)c21. The minimum Gasteiger partial charge on any atom is -0.507 e. The monoisotopic (exact) mass is 397 g/mol. The molecule has 1 saturated heterocycles. The Morgan fingerprint density at radius 1 is 1.31 bits per heavy atom. The van der Waals surface area contributed by atoms with Gasteiger partial charge in [-0.15, -0.1) is 0 Å². The molecule has 1 N–H and O–H groups in total.